The maximum atomic E-state index is 10.8. The van der Waals surface area contributed by atoms with Gasteiger partial charge in [0.2, 0.25) is 0 Å². The van der Waals surface area contributed by atoms with Gasteiger partial charge in [-0.3, -0.25) is 10.1 Å². The second kappa shape index (κ2) is 5.20. The Morgan fingerprint density at radius 1 is 1.05 bits per heavy atom. The SMILES string of the molecule is Cc1ccc([C@@H](O)c2ccc([N+](=O)[O-])c(C)c2)cc1. The fourth-order valence-corrected chi connectivity index (χ4v) is 1.99. The lowest BCUT2D eigenvalue weighted by molar-refractivity contribution is -0.385. The molecule has 0 amide bonds. The van der Waals surface area contributed by atoms with Gasteiger partial charge >= 0.3 is 0 Å². The zero-order valence-electron chi connectivity index (χ0n) is 10.8. The highest BCUT2D eigenvalue weighted by Crippen LogP contribution is 2.26. The lowest BCUT2D eigenvalue weighted by Crippen LogP contribution is -2.01. The van der Waals surface area contributed by atoms with Crippen LogP contribution in [-0.2, 0) is 0 Å². The van der Waals surface area contributed by atoms with Crippen molar-refractivity contribution >= 4 is 5.69 Å². The molecule has 19 heavy (non-hydrogen) atoms. The number of benzene rings is 2. The Morgan fingerprint density at radius 2 is 1.63 bits per heavy atom. The van der Waals surface area contributed by atoms with Crippen LogP contribution in [0.15, 0.2) is 42.5 Å². The van der Waals surface area contributed by atoms with Crippen molar-refractivity contribution in [2.24, 2.45) is 0 Å². The van der Waals surface area contributed by atoms with Crippen LogP contribution in [0.1, 0.15) is 28.4 Å². The van der Waals surface area contributed by atoms with Gasteiger partial charge in [0.15, 0.2) is 0 Å². The number of aliphatic hydroxyl groups is 1. The zero-order valence-corrected chi connectivity index (χ0v) is 10.8. The summed E-state index contributed by atoms with van der Waals surface area (Å²) in [6.45, 7) is 3.65. The van der Waals surface area contributed by atoms with Crippen LogP contribution in [0.5, 0.6) is 0 Å². The van der Waals surface area contributed by atoms with Gasteiger partial charge in [-0.2, -0.15) is 0 Å². The van der Waals surface area contributed by atoms with Crippen molar-refractivity contribution in [3.05, 3.63) is 74.8 Å². The van der Waals surface area contributed by atoms with Crippen molar-refractivity contribution in [2.45, 2.75) is 20.0 Å². The molecule has 1 N–H and O–H groups in total. The van der Waals surface area contributed by atoms with E-state index in [9.17, 15) is 15.2 Å². The lowest BCUT2D eigenvalue weighted by Gasteiger charge is -2.12. The summed E-state index contributed by atoms with van der Waals surface area (Å²) in [5.74, 6) is 0. The average Bonchev–Trinajstić information content (AvgIpc) is 2.38. The summed E-state index contributed by atoms with van der Waals surface area (Å²) in [4.78, 5) is 10.3. The molecule has 0 aliphatic carbocycles. The van der Waals surface area contributed by atoms with Crippen molar-refractivity contribution in [1.82, 2.24) is 0 Å². The standard InChI is InChI=1S/C15H15NO3/c1-10-3-5-12(6-4-10)15(17)13-7-8-14(16(18)19)11(2)9-13/h3-9,15,17H,1-2H3/t15-/m1/s1. The minimum absolute atomic E-state index is 0.0693. The topological polar surface area (TPSA) is 63.4 Å². The highest BCUT2D eigenvalue weighted by Gasteiger charge is 2.15. The smallest absolute Gasteiger partial charge is 0.272 e. The van der Waals surface area contributed by atoms with Crippen molar-refractivity contribution in [3.8, 4) is 0 Å². The maximum absolute atomic E-state index is 10.8. The van der Waals surface area contributed by atoms with Crippen LogP contribution in [0.4, 0.5) is 5.69 Å². The molecule has 2 rings (SSSR count). The molecule has 0 aliphatic rings. The second-order valence-electron chi connectivity index (χ2n) is 4.62. The predicted octanol–water partition coefficient (Wildman–Crippen LogP) is 3.29. The van der Waals surface area contributed by atoms with Gasteiger partial charge < -0.3 is 5.11 Å². The Labute approximate surface area is 111 Å². The fraction of sp³-hybridized carbons (Fsp3) is 0.200. The summed E-state index contributed by atoms with van der Waals surface area (Å²) in [7, 11) is 0. The summed E-state index contributed by atoms with van der Waals surface area (Å²) in [5.41, 5.74) is 3.18. The van der Waals surface area contributed by atoms with Gasteiger partial charge in [0.05, 0.1) is 4.92 Å². The number of hydrogen-bond acceptors (Lipinski definition) is 3. The Kier molecular flexibility index (Phi) is 3.62. The van der Waals surface area contributed by atoms with Crippen LogP contribution in [0.2, 0.25) is 0 Å². The van der Waals surface area contributed by atoms with Crippen molar-refractivity contribution in [3.63, 3.8) is 0 Å². The van der Waals surface area contributed by atoms with E-state index in [1.165, 1.54) is 6.07 Å². The van der Waals surface area contributed by atoms with Crippen molar-refractivity contribution in [1.29, 1.82) is 0 Å². The summed E-state index contributed by atoms with van der Waals surface area (Å²) >= 11 is 0. The number of aliphatic hydroxyl groups excluding tert-OH is 1. The molecule has 0 aliphatic heterocycles. The molecular weight excluding hydrogens is 242 g/mol. The normalized spacial score (nSPS) is 12.2. The molecule has 1 atom stereocenters. The highest BCUT2D eigenvalue weighted by atomic mass is 16.6. The molecule has 0 fully saturated rings. The molecular formula is C15H15NO3. The third-order valence-electron chi connectivity index (χ3n) is 3.13. The number of nitro groups is 1. The third-order valence-corrected chi connectivity index (χ3v) is 3.13. The van der Waals surface area contributed by atoms with Crippen molar-refractivity contribution < 1.29 is 10.0 Å². The van der Waals surface area contributed by atoms with E-state index < -0.39 is 11.0 Å². The predicted molar refractivity (Wildman–Crippen MR) is 73.1 cm³/mol. The second-order valence-corrected chi connectivity index (χ2v) is 4.62. The van der Waals surface area contributed by atoms with E-state index in [0.717, 1.165) is 11.1 Å². The van der Waals surface area contributed by atoms with Crippen LogP contribution < -0.4 is 0 Å². The van der Waals surface area contributed by atoms with Gasteiger partial charge in [-0.25, -0.2) is 0 Å². The first-order valence-electron chi connectivity index (χ1n) is 5.98. The first-order valence-corrected chi connectivity index (χ1v) is 5.98. The Balaban J connectivity index is 2.34. The summed E-state index contributed by atoms with van der Waals surface area (Å²) in [6, 6.07) is 12.3. The third kappa shape index (κ3) is 2.80. The number of nitro benzene ring substituents is 1. The lowest BCUT2D eigenvalue weighted by atomic mass is 9.98. The molecule has 0 bridgehead atoms. The number of nitrogens with zero attached hydrogens (tertiary/aromatic N) is 1. The molecule has 0 heterocycles. The molecule has 2 aromatic rings. The molecule has 0 radical (unpaired) electrons. The Morgan fingerprint density at radius 3 is 2.16 bits per heavy atom. The molecule has 2 aromatic carbocycles. The van der Waals surface area contributed by atoms with Gasteiger partial charge in [-0.1, -0.05) is 29.8 Å². The molecule has 0 aromatic heterocycles. The molecule has 0 saturated heterocycles. The Hall–Kier alpha value is -2.20. The number of hydrogen-bond donors (Lipinski definition) is 1. The van der Waals surface area contributed by atoms with E-state index in [4.69, 9.17) is 0 Å². The largest absolute Gasteiger partial charge is 0.384 e. The fourth-order valence-electron chi connectivity index (χ4n) is 1.99. The molecule has 4 heteroatoms. The maximum Gasteiger partial charge on any atom is 0.272 e. The van der Waals surface area contributed by atoms with Gasteiger partial charge in [0, 0.05) is 11.6 Å². The first-order chi connectivity index (χ1) is 8.99. The van der Waals surface area contributed by atoms with Gasteiger partial charge in [-0.05, 0) is 37.1 Å². The van der Waals surface area contributed by atoms with Crippen LogP contribution in [-0.4, -0.2) is 10.0 Å². The molecule has 0 saturated carbocycles. The van der Waals surface area contributed by atoms with E-state index in [-0.39, 0.29) is 5.69 Å². The quantitative estimate of drug-likeness (QED) is 0.677. The summed E-state index contributed by atoms with van der Waals surface area (Å²) in [6.07, 6.45) is -0.764. The van der Waals surface area contributed by atoms with E-state index in [2.05, 4.69) is 0 Å². The first kappa shape index (κ1) is 13.2. The van der Waals surface area contributed by atoms with Gasteiger partial charge in [-0.15, -0.1) is 0 Å². The molecule has 0 spiro atoms. The van der Waals surface area contributed by atoms with E-state index >= 15 is 0 Å². The minimum atomic E-state index is -0.764. The van der Waals surface area contributed by atoms with Gasteiger partial charge in [0.25, 0.3) is 5.69 Å². The molecule has 4 nitrogen and oxygen atoms in total. The Bertz CT molecular complexity index is 605. The number of aryl methyl sites for hydroxylation is 2. The zero-order chi connectivity index (χ0) is 14.0. The van der Waals surface area contributed by atoms with Crippen LogP contribution in [0.25, 0.3) is 0 Å². The molecule has 98 valence electrons. The minimum Gasteiger partial charge on any atom is -0.384 e. The van der Waals surface area contributed by atoms with Crippen LogP contribution in [0.3, 0.4) is 0 Å². The summed E-state index contributed by atoms with van der Waals surface area (Å²) < 4.78 is 0. The van der Waals surface area contributed by atoms with Crippen molar-refractivity contribution in [2.75, 3.05) is 0 Å². The van der Waals surface area contributed by atoms with E-state index in [0.29, 0.717) is 11.1 Å². The summed E-state index contributed by atoms with van der Waals surface area (Å²) in [5, 5.41) is 21.0. The molecule has 0 unspecified atom stereocenters. The monoisotopic (exact) mass is 257 g/mol. The van der Waals surface area contributed by atoms with E-state index in [1.807, 2.05) is 31.2 Å². The van der Waals surface area contributed by atoms with Crippen LogP contribution in [0, 0.1) is 24.0 Å². The highest BCUT2D eigenvalue weighted by molar-refractivity contribution is 5.44. The van der Waals surface area contributed by atoms with E-state index in [1.54, 1.807) is 19.1 Å². The van der Waals surface area contributed by atoms with Gasteiger partial charge in [0.1, 0.15) is 6.10 Å². The number of rotatable bonds is 3. The average molecular weight is 257 g/mol. The van der Waals surface area contributed by atoms with Crippen LogP contribution >= 0.6 is 0 Å².